The standard InChI is InChI=1S/C17H24ClNO3/c1-10-6-15(7-11(2)16(10)18)22-14(5)17(20)19-8-12(3)21-13(4)9-19/h6-7,12-14H,8-9H2,1-5H3/t12-,13+,14-/m1/s1. The quantitative estimate of drug-likeness (QED) is 0.855. The van der Waals surface area contributed by atoms with Gasteiger partial charge in [-0.1, -0.05) is 11.6 Å². The third kappa shape index (κ3) is 3.93. The smallest absolute Gasteiger partial charge is 0.263 e. The van der Waals surface area contributed by atoms with E-state index in [0.29, 0.717) is 18.8 Å². The Morgan fingerprint density at radius 2 is 1.77 bits per heavy atom. The van der Waals surface area contributed by atoms with E-state index in [1.165, 1.54) is 0 Å². The number of halogens is 1. The van der Waals surface area contributed by atoms with Gasteiger partial charge in [0.25, 0.3) is 5.91 Å². The van der Waals surface area contributed by atoms with Crippen LogP contribution in [0.25, 0.3) is 0 Å². The number of ether oxygens (including phenoxy) is 2. The molecule has 1 aliphatic rings. The molecule has 0 aliphatic carbocycles. The van der Waals surface area contributed by atoms with E-state index in [0.717, 1.165) is 16.1 Å². The second kappa shape index (κ2) is 6.88. The summed E-state index contributed by atoms with van der Waals surface area (Å²) < 4.78 is 11.5. The molecule has 0 N–H and O–H groups in total. The lowest BCUT2D eigenvalue weighted by Gasteiger charge is -2.36. The van der Waals surface area contributed by atoms with Crippen molar-refractivity contribution in [3.63, 3.8) is 0 Å². The topological polar surface area (TPSA) is 38.8 Å². The maximum absolute atomic E-state index is 12.5. The van der Waals surface area contributed by atoms with Crippen LogP contribution in [0.15, 0.2) is 12.1 Å². The Bertz CT molecular complexity index is 528. The van der Waals surface area contributed by atoms with Gasteiger partial charge in [-0.3, -0.25) is 4.79 Å². The van der Waals surface area contributed by atoms with E-state index in [1.807, 2.05) is 44.7 Å². The van der Waals surface area contributed by atoms with E-state index >= 15 is 0 Å². The number of carbonyl (C=O) groups excluding carboxylic acids is 1. The lowest BCUT2D eigenvalue weighted by molar-refractivity contribution is -0.149. The molecule has 5 heteroatoms. The Morgan fingerprint density at radius 3 is 2.27 bits per heavy atom. The highest BCUT2D eigenvalue weighted by Crippen LogP contribution is 2.26. The van der Waals surface area contributed by atoms with E-state index in [-0.39, 0.29) is 18.1 Å². The van der Waals surface area contributed by atoms with Gasteiger partial charge in [-0.15, -0.1) is 0 Å². The van der Waals surface area contributed by atoms with Crippen molar-refractivity contribution in [2.75, 3.05) is 13.1 Å². The summed E-state index contributed by atoms with van der Waals surface area (Å²) in [6, 6.07) is 3.73. The van der Waals surface area contributed by atoms with Crippen molar-refractivity contribution in [1.29, 1.82) is 0 Å². The monoisotopic (exact) mass is 325 g/mol. The molecule has 0 unspecified atom stereocenters. The number of morpholine rings is 1. The molecule has 0 bridgehead atoms. The molecule has 1 fully saturated rings. The van der Waals surface area contributed by atoms with E-state index in [1.54, 1.807) is 6.92 Å². The van der Waals surface area contributed by atoms with E-state index in [2.05, 4.69) is 0 Å². The third-order valence-corrected chi connectivity index (χ3v) is 4.40. The Kier molecular flexibility index (Phi) is 5.35. The van der Waals surface area contributed by atoms with Crippen molar-refractivity contribution in [2.24, 2.45) is 0 Å². The van der Waals surface area contributed by atoms with Crippen LogP contribution >= 0.6 is 11.6 Å². The van der Waals surface area contributed by atoms with Crippen LogP contribution in [0.4, 0.5) is 0 Å². The van der Waals surface area contributed by atoms with E-state index < -0.39 is 6.10 Å². The van der Waals surface area contributed by atoms with E-state index in [4.69, 9.17) is 21.1 Å². The molecule has 1 heterocycles. The van der Waals surface area contributed by atoms with Crippen LogP contribution < -0.4 is 4.74 Å². The number of hydrogen-bond donors (Lipinski definition) is 0. The fourth-order valence-electron chi connectivity index (χ4n) is 2.84. The number of rotatable bonds is 3. The first kappa shape index (κ1) is 17.1. The van der Waals surface area contributed by atoms with Gasteiger partial charge in [0.2, 0.25) is 0 Å². The van der Waals surface area contributed by atoms with Crippen molar-refractivity contribution in [3.05, 3.63) is 28.3 Å². The van der Waals surface area contributed by atoms with Crippen LogP contribution in [0.1, 0.15) is 31.9 Å². The van der Waals surface area contributed by atoms with Crippen LogP contribution in [0, 0.1) is 13.8 Å². The summed E-state index contributed by atoms with van der Waals surface area (Å²) in [5.74, 6) is 0.668. The van der Waals surface area contributed by atoms with Gasteiger partial charge >= 0.3 is 0 Å². The molecule has 0 radical (unpaired) electrons. The number of carbonyl (C=O) groups is 1. The predicted octanol–water partition coefficient (Wildman–Crippen LogP) is 3.36. The number of aryl methyl sites for hydroxylation is 2. The van der Waals surface area contributed by atoms with Crippen LogP contribution in [0.2, 0.25) is 5.02 Å². The SMILES string of the molecule is Cc1cc(O[C@H](C)C(=O)N2C[C@@H](C)O[C@@H](C)C2)cc(C)c1Cl. The van der Waals surface area contributed by atoms with Gasteiger partial charge in [-0.05, 0) is 57.9 Å². The van der Waals surface area contributed by atoms with Crippen molar-refractivity contribution in [3.8, 4) is 5.75 Å². The molecule has 1 aromatic carbocycles. The second-order valence-electron chi connectivity index (χ2n) is 6.13. The molecule has 1 aliphatic heterocycles. The van der Waals surface area contributed by atoms with Gasteiger partial charge < -0.3 is 14.4 Å². The highest BCUT2D eigenvalue weighted by molar-refractivity contribution is 6.32. The van der Waals surface area contributed by atoms with Gasteiger partial charge in [0.15, 0.2) is 6.10 Å². The average molecular weight is 326 g/mol. The minimum Gasteiger partial charge on any atom is -0.481 e. The van der Waals surface area contributed by atoms with Crippen LogP contribution in [-0.4, -0.2) is 42.2 Å². The normalized spacial score (nSPS) is 23.3. The van der Waals surface area contributed by atoms with Gasteiger partial charge in [0, 0.05) is 18.1 Å². The molecule has 122 valence electrons. The maximum Gasteiger partial charge on any atom is 0.263 e. The molecule has 0 spiro atoms. The van der Waals surface area contributed by atoms with Crippen molar-refractivity contribution in [2.45, 2.75) is 52.9 Å². The van der Waals surface area contributed by atoms with Crippen LogP contribution in [0.3, 0.4) is 0 Å². The molecule has 3 atom stereocenters. The van der Waals surface area contributed by atoms with Gasteiger partial charge in [-0.2, -0.15) is 0 Å². The Hall–Kier alpha value is -1.26. The third-order valence-electron chi connectivity index (χ3n) is 3.80. The largest absolute Gasteiger partial charge is 0.481 e. The van der Waals surface area contributed by atoms with Crippen molar-refractivity contribution < 1.29 is 14.3 Å². The first-order valence-electron chi connectivity index (χ1n) is 7.65. The average Bonchev–Trinajstić information content (AvgIpc) is 2.42. The Labute approximate surface area is 137 Å². The molecule has 0 saturated carbocycles. The zero-order valence-electron chi connectivity index (χ0n) is 13.9. The highest BCUT2D eigenvalue weighted by Gasteiger charge is 2.29. The zero-order valence-corrected chi connectivity index (χ0v) is 14.6. The number of nitrogens with zero attached hydrogens (tertiary/aromatic N) is 1. The summed E-state index contributed by atoms with van der Waals surface area (Å²) in [6.07, 6.45) is -0.419. The Balaban J connectivity index is 2.05. The molecule has 1 amide bonds. The lowest BCUT2D eigenvalue weighted by Crippen LogP contribution is -2.51. The summed E-state index contributed by atoms with van der Waals surface area (Å²) >= 11 is 6.16. The van der Waals surface area contributed by atoms with Gasteiger partial charge in [-0.25, -0.2) is 0 Å². The molecule has 1 saturated heterocycles. The summed E-state index contributed by atoms with van der Waals surface area (Å²) in [6.45, 7) is 10.8. The highest BCUT2D eigenvalue weighted by atomic mass is 35.5. The van der Waals surface area contributed by atoms with Gasteiger partial charge in [0.05, 0.1) is 12.2 Å². The van der Waals surface area contributed by atoms with Crippen LogP contribution in [0.5, 0.6) is 5.75 Å². The van der Waals surface area contributed by atoms with Crippen molar-refractivity contribution in [1.82, 2.24) is 4.90 Å². The minimum absolute atomic E-state index is 0.00717. The van der Waals surface area contributed by atoms with Crippen LogP contribution in [-0.2, 0) is 9.53 Å². The summed E-state index contributed by atoms with van der Waals surface area (Å²) in [7, 11) is 0. The first-order valence-corrected chi connectivity index (χ1v) is 8.03. The molecular weight excluding hydrogens is 302 g/mol. The lowest BCUT2D eigenvalue weighted by atomic mass is 10.1. The molecule has 1 aromatic rings. The first-order chi connectivity index (χ1) is 10.3. The Morgan fingerprint density at radius 1 is 1.27 bits per heavy atom. The molecule has 0 aromatic heterocycles. The number of hydrogen-bond acceptors (Lipinski definition) is 3. The maximum atomic E-state index is 12.5. The second-order valence-corrected chi connectivity index (χ2v) is 6.51. The fraction of sp³-hybridized carbons (Fsp3) is 0.588. The van der Waals surface area contributed by atoms with Gasteiger partial charge in [0.1, 0.15) is 5.75 Å². The number of amides is 1. The minimum atomic E-state index is -0.530. The predicted molar refractivity (Wildman–Crippen MR) is 87.6 cm³/mol. The van der Waals surface area contributed by atoms with E-state index in [9.17, 15) is 4.79 Å². The zero-order chi connectivity index (χ0) is 16.4. The molecule has 2 rings (SSSR count). The summed E-state index contributed by atoms with van der Waals surface area (Å²) in [5, 5.41) is 0.738. The molecule has 22 heavy (non-hydrogen) atoms. The summed E-state index contributed by atoms with van der Waals surface area (Å²) in [5.41, 5.74) is 1.90. The van der Waals surface area contributed by atoms with Crippen molar-refractivity contribution >= 4 is 17.5 Å². The summed E-state index contributed by atoms with van der Waals surface area (Å²) in [4.78, 5) is 14.4. The molecular formula is C17H24ClNO3. The fourth-order valence-corrected chi connectivity index (χ4v) is 2.95. The molecule has 4 nitrogen and oxygen atoms in total. The number of benzene rings is 1.